The highest BCUT2D eigenvalue weighted by atomic mass is 31.2. The molecule has 0 spiro atoms. The molecule has 5 aromatic rings. The number of nitrogens with zero attached hydrogens (tertiary/aromatic N) is 3. The molecule has 0 aliphatic heterocycles. The third-order valence-electron chi connectivity index (χ3n) is 8.22. The molecule has 18 heteroatoms. The van der Waals surface area contributed by atoms with E-state index >= 15 is 0 Å². The lowest BCUT2D eigenvalue weighted by molar-refractivity contribution is -0.140. The van der Waals surface area contributed by atoms with E-state index in [1.54, 1.807) is 67.7 Å². The van der Waals surface area contributed by atoms with E-state index in [1.165, 1.54) is 30.5 Å². The number of aromatic amines is 1. The number of aromatic nitrogens is 4. The Morgan fingerprint density at radius 1 is 0.948 bits per heavy atom. The van der Waals surface area contributed by atoms with E-state index in [9.17, 15) is 33.6 Å². The number of fused-ring (bicyclic) bond motifs is 1. The average molecular weight is 807 g/mol. The zero-order valence-corrected chi connectivity index (χ0v) is 31.7. The van der Waals surface area contributed by atoms with Gasteiger partial charge in [0.25, 0.3) is 11.5 Å². The Labute approximate surface area is 331 Å². The predicted molar refractivity (Wildman–Crippen MR) is 208 cm³/mol. The van der Waals surface area contributed by atoms with Crippen molar-refractivity contribution < 1.29 is 47.2 Å². The number of esters is 1. The van der Waals surface area contributed by atoms with Crippen molar-refractivity contribution in [2.45, 2.75) is 45.2 Å². The number of ketones is 1. The number of amides is 1. The molecular weight excluding hydrogens is 771 g/mol. The zero-order chi connectivity index (χ0) is 41.7. The zero-order valence-electron chi connectivity index (χ0n) is 30.8. The van der Waals surface area contributed by atoms with Crippen LogP contribution in [0.2, 0.25) is 0 Å². The molecule has 0 fully saturated rings. The molecule has 2 aromatic heterocycles. The Balaban J connectivity index is 1.10. The number of H-pyrrole nitrogens is 1. The van der Waals surface area contributed by atoms with Gasteiger partial charge in [-0.05, 0) is 67.3 Å². The van der Waals surface area contributed by atoms with Gasteiger partial charge in [-0.2, -0.15) is 0 Å². The SMILES string of the molecule is C#COP(=O)(OC#C)OCCc1ccc(CC(=O)c2ccccc2OC(=O)CC[C@H](NC(=O)c2ccc(NCc3cnc4nc(C)[nH]c(=O)c4n3)cc2)C(=O)O)cc1. The van der Waals surface area contributed by atoms with Gasteiger partial charge in [-0.15, -0.1) is 0 Å². The summed E-state index contributed by atoms with van der Waals surface area (Å²) in [5, 5.41) is 15.3. The minimum Gasteiger partial charge on any atom is -0.480 e. The van der Waals surface area contributed by atoms with E-state index in [1.807, 2.05) is 0 Å². The molecule has 0 saturated carbocycles. The number of aryl methyl sites for hydroxylation is 1. The molecule has 0 radical (unpaired) electrons. The summed E-state index contributed by atoms with van der Waals surface area (Å²) in [5.74, 6) is -2.76. The topological polar surface area (TPSA) is 238 Å². The van der Waals surface area contributed by atoms with Crippen LogP contribution >= 0.6 is 7.82 Å². The molecule has 3 aromatic carbocycles. The Bertz CT molecular complexity index is 2490. The summed E-state index contributed by atoms with van der Waals surface area (Å²) < 4.78 is 31.8. The number of carboxylic acid groups (broad SMARTS) is 1. The molecule has 1 atom stereocenters. The summed E-state index contributed by atoms with van der Waals surface area (Å²) in [5.41, 5.74) is 2.77. The van der Waals surface area contributed by atoms with E-state index in [4.69, 9.17) is 22.1 Å². The number of terminal acetylenes is 2. The number of carbonyl (C=O) groups excluding carboxylic acids is 3. The number of rotatable bonds is 19. The predicted octanol–water partition coefficient (Wildman–Crippen LogP) is 4.51. The van der Waals surface area contributed by atoms with Crippen molar-refractivity contribution in [3.63, 3.8) is 0 Å². The molecule has 58 heavy (non-hydrogen) atoms. The molecule has 5 rings (SSSR count). The lowest BCUT2D eigenvalue weighted by Crippen LogP contribution is -2.41. The maximum Gasteiger partial charge on any atom is 0.604 e. The fraction of sp³-hybridized carbons (Fsp3) is 0.200. The minimum absolute atomic E-state index is 0.00269. The lowest BCUT2D eigenvalue weighted by Gasteiger charge is -2.15. The van der Waals surface area contributed by atoms with Gasteiger partial charge in [0, 0.05) is 24.1 Å². The third-order valence-corrected chi connectivity index (χ3v) is 9.37. The van der Waals surface area contributed by atoms with Crippen LogP contribution in [0.15, 0.2) is 83.8 Å². The number of carbonyl (C=O) groups is 4. The Hall–Kier alpha value is -7.33. The Kier molecular flexibility index (Phi) is 14.1. The first-order valence-electron chi connectivity index (χ1n) is 17.4. The van der Waals surface area contributed by atoms with Gasteiger partial charge in [0.1, 0.15) is 29.8 Å². The normalized spacial score (nSPS) is 11.4. The van der Waals surface area contributed by atoms with Crippen LogP contribution < -0.4 is 20.9 Å². The standard InChI is InChI=1S/C40H35N6O11P/c1-4-54-58(53,55-5-2)56-21-20-26-10-12-27(13-11-26)22-33(47)31-8-6-7-9-34(31)57-35(48)19-18-32(40(51)52)46-38(49)28-14-16-29(17-15-28)41-23-30-24-42-37-36(45-30)39(50)44-25(3)43-37/h1-2,6-17,24,32,41H,18-23H2,3H3,(H,46,49)(H,51,52)(H,42,43,44,50)/t32-/m0/s1. The van der Waals surface area contributed by atoms with Gasteiger partial charge in [-0.1, -0.05) is 49.2 Å². The number of phosphoric ester groups is 1. The summed E-state index contributed by atoms with van der Waals surface area (Å²) in [6.07, 6.45) is 14.5. The highest BCUT2D eigenvalue weighted by Crippen LogP contribution is 2.48. The number of phosphoric acid groups is 1. The van der Waals surface area contributed by atoms with Crippen LogP contribution in [0.1, 0.15) is 56.2 Å². The van der Waals surface area contributed by atoms with Gasteiger partial charge in [-0.3, -0.25) is 23.7 Å². The molecule has 0 unspecified atom stereocenters. The lowest BCUT2D eigenvalue weighted by atomic mass is 10.0. The number of Topliss-reactive ketones (excluding diaryl/α,β-unsaturated/α-hetero) is 1. The Morgan fingerprint density at radius 3 is 2.33 bits per heavy atom. The number of hydrogen-bond acceptors (Lipinski definition) is 14. The smallest absolute Gasteiger partial charge is 0.480 e. The molecule has 0 bridgehead atoms. The second-order valence-corrected chi connectivity index (χ2v) is 13.9. The molecule has 2 heterocycles. The number of para-hydroxylation sites is 1. The van der Waals surface area contributed by atoms with Crippen LogP contribution in [0.25, 0.3) is 11.2 Å². The van der Waals surface area contributed by atoms with E-state index in [-0.39, 0.29) is 66.2 Å². The second-order valence-electron chi connectivity index (χ2n) is 12.4. The van der Waals surface area contributed by atoms with Gasteiger partial charge in [-0.25, -0.2) is 24.3 Å². The quantitative estimate of drug-likeness (QED) is 0.0295. The van der Waals surface area contributed by atoms with Gasteiger partial charge in [0.2, 0.25) is 0 Å². The number of aliphatic carboxylic acids is 1. The highest BCUT2D eigenvalue weighted by Gasteiger charge is 2.28. The average Bonchev–Trinajstić information content (AvgIpc) is 3.19. The first-order valence-corrected chi connectivity index (χ1v) is 18.9. The summed E-state index contributed by atoms with van der Waals surface area (Å²) in [6.45, 7) is 1.78. The van der Waals surface area contributed by atoms with Crippen molar-refractivity contribution in [3.05, 3.63) is 123 Å². The molecule has 4 N–H and O–H groups in total. The first kappa shape index (κ1) is 41.8. The largest absolute Gasteiger partial charge is 0.604 e. The maximum absolute atomic E-state index is 13.3. The summed E-state index contributed by atoms with van der Waals surface area (Å²) >= 11 is 0. The molecule has 0 saturated heterocycles. The summed E-state index contributed by atoms with van der Waals surface area (Å²) in [6, 6.07) is 17.8. The van der Waals surface area contributed by atoms with Gasteiger partial charge in [0.15, 0.2) is 16.9 Å². The number of ether oxygens (including phenoxy) is 1. The van der Waals surface area contributed by atoms with Crippen molar-refractivity contribution in [2.24, 2.45) is 0 Å². The monoisotopic (exact) mass is 806 g/mol. The van der Waals surface area contributed by atoms with Crippen LogP contribution in [0.5, 0.6) is 5.75 Å². The molecule has 0 aliphatic rings. The number of hydrogen-bond donors (Lipinski definition) is 4. The van der Waals surface area contributed by atoms with Gasteiger partial charge in [0.05, 0.1) is 30.6 Å². The molecule has 0 aliphatic carbocycles. The summed E-state index contributed by atoms with van der Waals surface area (Å²) in [4.78, 5) is 78.5. The van der Waals surface area contributed by atoms with Crippen LogP contribution in [0, 0.1) is 32.0 Å². The van der Waals surface area contributed by atoms with E-state index < -0.39 is 37.3 Å². The molecule has 17 nitrogen and oxygen atoms in total. The van der Waals surface area contributed by atoms with Gasteiger partial charge >= 0.3 is 19.8 Å². The van der Waals surface area contributed by atoms with Crippen LogP contribution in [-0.4, -0.2) is 61.3 Å². The number of nitrogens with one attached hydrogen (secondary N) is 3. The van der Waals surface area contributed by atoms with Crippen molar-refractivity contribution in [1.29, 1.82) is 0 Å². The molecular formula is C40H35N6O11P. The maximum atomic E-state index is 13.3. The van der Waals surface area contributed by atoms with Crippen LogP contribution in [-0.2, 0) is 47.1 Å². The van der Waals surface area contributed by atoms with Gasteiger partial charge < -0.3 is 34.5 Å². The minimum atomic E-state index is -4.09. The second kappa shape index (κ2) is 19.5. The molecule has 296 valence electrons. The van der Waals surface area contributed by atoms with Crippen LogP contribution in [0.4, 0.5) is 5.69 Å². The van der Waals surface area contributed by atoms with E-state index in [0.717, 1.165) is 5.56 Å². The van der Waals surface area contributed by atoms with Crippen molar-refractivity contribution in [1.82, 2.24) is 25.3 Å². The van der Waals surface area contributed by atoms with Crippen molar-refractivity contribution in [2.75, 3.05) is 11.9 Å². The Morgan fingerprint density at radius 2 is 1.64 bits per heavy atom. The summed E-state index contributed by atoms with van der Waals surface area (Å²) in [7, 11) is -4.09. The third kappa shape index (κ3) is 11.6. The van der Waals surface area contributed by atoms with Crippen LogP contribution in [0.3, 0.4) is 0 Å². The first-order chi connectivity index (χ1) is 27.9. The molecule has 1 amide bonds. The highest BCUT2D eigenvalue weighted by molar-refractivity contribution is 7.48. The number of anilines is 1. The van der Waals surface area contributed by atoms with E-state index in [2.05, 4.69) is 39.6 Å². The fourth-order valence-corrected chi connectivity index (χ4v) is 6.10. The van der Waals surface area contributed by atoms with Crippen molar-refractivity contribution >= 4 is 48.3 Å². The number of carboxylic acids is 1. The van der Waals surface area contributed by atoms with E-state index in [0.29, 0.717) is 29.2 Å². The number of benzene rings is 3. The fourth-order valence-electron chi connectivity index (χ4n) is 5.38. The van der Waals surface area contributed by atoms with Crippen molar-refractivity contribution in [3.8, 4) is 30.8 Å².